The van der Waals surface area contributed by atoms with Gasteiger partial charge < -0.3 is 4.42 Å². The highest BCUT2D eigenvalue weighted by atomic mass is 32.2. The van der Waals surface area contributed by atoms with Crippen molar-refractivity contribution >= 4 is 26.7 Å². The number of fused-ring (bicyclic) bond motifs is 1. The van der Waals surface area contributed by atoms with Crippen molar-refractivity contribution < 1.29 is 12.8 Å². The van der Waals surface area contributed by atoms with E-state index in [1.54, 1.807) is 24.3 Å². The van der Waals surface area contributed by atoms with Crippen molar-refractivity contribution in [3.05, 3.63) is 64.0 Å². The normalized spacial score (nSPS) is 11.6. The maximum absolute atomic E-state index is 12.7. The van der Waals surface area contributed by atoms with Crippen molar-refractivity contribution in [1.82, 2.24) is 0 Å². The maximum atomic E-state index is 12.7. The minimum absolute atomic E-state index is 0.108. The van der Waals surface area contributed by atoms with Gasteiger partial charge in [-0.25, -0.2) is 8.42 Å². The molecule has 0 aliphatic heterocycles. The highest BCUT2D eigenvalue weighted by Crippen LogP contribution is 2.23. The molecule has 0 bridgehead atoms. The summed E-state index contributed by atoms with van der Waals surface area (Å²) in [6, 6.07) is 10.3. The van der Waals surface area contributed by atoms with Crippen LogP contribution in [0.1, 0.15) is 11.1 Å². The second-order valence-electron chi connectivity index (χ2n) is 5.86. The molecule has 1 aromatic heterocycles. The van der Waals surface area contributed by atoms with Crippen LogP contribution in [0.4, 0.5) is 5.69 Å². The fourth-order valence-electron chi connectivity index (χ4n) is 2.52. The summed E-state index contributed by atoms with van der Waals surface area (Å²) in [7, 11) is -3.33. The lowest BCUT2D eigenvalue weighted by Gasteiger charge is -2.07. The van der Waals surface area contributed by atoms with Crippen molar-refractivity contribution in [2.45, 2.75) is 13.8 Å². The molecular weight excluding hydrogens is 326 g/mol. The van der Waals surface area contributed by atoms with Crippen LogP contribution in [-0.4, -0.2) is 14.7 Å². The average Bonchev–Trinajstić information content (AvgIpc) is 2.49. The van der Waals surface area contributed by atoms with E-state index >= 15 is 0 Å². The smallest absolute Gasteiger partial charge is 0.229 e. The Hall–Kier alpha value is -2.60. The van der Waals surface area contributed by atoms with Crippen molar-refractivity contribution in [3.63, 3.8) is 0 Å². The van der Waals surface area contributed by atoms with Crippen LogP contribution in [0.15, 0.2) is 51.9 Å². The molecule has 124 valence electrons. The second kappa shape index (κ2) is 5.79. The molecule has 0 aliphatic rings. The number of aryl methyl sites for hydroxylation is 2. The molecule has 5 nitrogen and oxygen atoms in total. The van der Waals surface area contributed by atoms with E-state index in [0.717, 1.165) is 17.4 Å². The Balaban J connectivity index is 2.08. The van der Waals surface area contributed by atoms with Gasteiger partial charge in [-0.1, -0.05) is 12.1 Å². The van der Waals surface area contributed by atoms with Gasteiger partial charge >= 0.3 is 0 Å². The van der Waals surface area contributed by atoms with E-state index in [9.17, 15) is 13.2 Å². The van der Waals surface area contributed by atoms with E-state index in [4.69, 9.17) is 4.42 Å². The van der Waals surface area contributed by atoms with Crippen LogP contribution in [0.25, 0.3) is 22.1 Å². The van der Waals surface area contributed by atoms with E-state index in [2.05, 4.69) is 4.72 Å². The molecule has 1 heterocycles. The summed E-state index contributed by atoms with van der Waals surface area (Å²) >= 11 is 0. The number of sulfonamides is 1. The quantitative estimate of drug-likeness (QED) is 0.790. The standard InChI is InChI=1S/C18H17NO4S/c1-11-8-15-17(9-12(11)2)23-10-16(18(15)20)13-4-6-14(7-5-13)19-24(3,21)22/h4-10,19H,1-3H3. The summed E-state index contributed by atoms with van der Waals surface area (Å²) in [6.07, 6.45) is 2.53. The topological polar surface area (TPSA) is 76.4 Å². The lowest BCUT2D eigenvalue weighted by molar-refractivity contribution is 0.604. The van der Waals surface area contributed by atoms with Gasteiger partial charge in [0.1, 0.15) is 11.8 Å². The number of anilines is 1. The molecule has 2 aromatic carbocycles. The van der Waals surface area contributed by atoms with E-state index in [0.29, 0.717) is 27.8 Å². The van der Waals surface area contributed by atoms with Crippen LogP contribution in [0.3, 0.4) is 0 Å². The fraction of sp³-hybridized carbons (Fsp3) is 0.167. The Kier molecular flexibility index (Phi) is 3.93. The average molecular weight is 343 g/mol. The lowest BCUT2D eigenvalue weighted by atomic mass is 10.0. The predicted octanol–water partition coefficient (Wildman–Crippen LogP) is 3.45. The summed E-state index contributed by atoms with van der Waals surface area (Å²) in [4.78, 5) is 12.7. The highest BCUT2D eigenvalue weighted by Gasteiger charge is 2.11. The third-order valence-electron chi connectivity index (χ3n) is 3.89. The third-order valence-corrected chi connectivity index (χ3v) is 4.49. The Labute approximate surface area is 140 Å². The zero-order valence-corrected chi connectivity index (χ0v) is 14.4. The first-order valence-electron chi connectivity index (χ1n) is 7.35. The third kappa shape index (κ3) is 3.19. The van der Waals surface area contributed by atoms with Gasteiger partial charge in [0.25, 0.3) is 0 Å². The molecule has 1 N–H and O–H groups in total. The van der Waals surface area contributed by atoms with Crippen molar-refractivity contribution in [1.29, 1.82) is 0 Å². The fourth-order valence-corrected chi connectivity index (χ4v) is 3.08. The Morgan fingerprint density at radius 2 is 1.62 bits per heavy atom. The Morgan fingerprint density at radius 1 is 1.00 bits per heavy atom. The number of benzene rings is 2. The number of nitrogens with one attached hydrogen (secondary N) is 1. The van der Waals surface area contributed by atoms with E-state index in [-0.39, 0.29) is 5.43 Å². The molecule has 0 saturated carbocycles. The lowest BCUT2D eigenvalue weighted by Crippen LogP contribution is -2.09. The molecule has 0 saturated heterocycles. The number of hydrogen-bond donors (Lipinski definition) is 1. The van der Waals surface area contributed by atoms with Gasteiger partial charge in [-0.05, 0) is 54.8 Å². The minimum atomic E-state index is -3.33. The monoisotopic (exact) mass is 343 g/mol. The molecule has 3 rings (SSSR count). The molecule has 0 radical (unpaired) electrons. The molecule has 24 heavy (non-hydrogen) atoms. The van der Waals surface area contributed by atoms with Gasteiger partial charge in [0.15, 0.2) is 5.43 Å². The van der Waals surface area contributed by atoms with Crippen LogP contribution in [0.5, 0.6) is 0 Å². The zero-order chi connectivity index (χ0) is 17.5. The van der Waals surface area contributed by atoms with Gasteiger partial charge in [0.05, 0.1) is 17.2 Å². The zero-order valence-electron chi connectivity index (χ0n) is 13.6. The molecule has 6 heteroatoms. The van der Waals surface area contributed by atoms with E-state index in [1.165, 1.54) is 6.26 Å². The van der Waals surface area contributed by atoms with Crippen molar-refractivity contribution in [3.8, 4) is 11.1 Å². The first kappa shape index (κ1) is 16.3. The van der Waals surface area contributed by atoms with Crippen LogP contribution >= 0.6 is 0 Å². The largest absolute Gasteiger partial charge is 0.463 e. The molecule has 0 atom stereocenters. The summed E-state index contributed by atoms with van der Waals surface area (Å²) in [6.45, 7) is 3.92. The van der Waals surface area contributed by atoms with Crippen molar-refractivity contribution in [2.24, 2.45) is 0 Å². The molecule has 0 fully saturated rings. The molecule has 0 spiro atoms. The first-order chi connectivity index (χ1) is 11.2. The van der Waals surface area contributed by atoms with Gasteiger partial charge in [0.2, 0.25) is 10.0 Å². The second-order valence-corrected chi connectivity index (χ2v) is 7.61. The summed E-state index contributed by atoms with van der Waals surface area (Å²) in [5.41, 5.74) is 4.09. The Bertz CT molecular complexity index is 1080. The highest BCUT2D eigenvalue weighted by molar-refractivity contribution is 7.92. The first-order valence-corrected chi connectivity index (χ1v) is 9.25. The predicted molar refractivity (Wildman–Crippen MR) is 95.9 cm³/mol. The van der Waals surface area contributed by atoms with Crippen LogP contribution < -0.4 is 10.2 Å². The van der Waals surface area contributed by atoms with Gasteiger partial charge in [-0.2, -0.15) is 0 Å². The SMILES string of the molecule is Cc1cc2occ(-c3ccc(NS(C)(=O)=O)cc3)c(=O)c2cc1C. The molecule has 0 aliphatic carbocycles. The molecule has 0 unspecified atom stereocenters. The molecular formula is C18H17NO4S. The van der Waals surface area contributed by atoms with Crippen LogP contribution in [-0.2, 0) is 10.0 Å². The number of rotatable bonds is 3. The molecule has 3 aromatic rings. The van der Waals surface area contributed by atoms with E-state index in [1.807, 2.05) is 26.0 Å². The summed E-state index contributed by atoms with van der Waals surface area (Å²) in [5.74, 6) is 0. The van der Waals surface area contributed by atoms with E-state index < -0.39 is 10.0 Å². The van der Waals surface area contributed by atoms with Crippen LogP contribution in [0.2, 0.25) is 0 Å². The van der Waals surface area contributed by atoms with Gasteiger partial charge in [-0.15, -0.1) is 0 Å². The number of hydrogen-bond acceptors (Lipinski definition) is 4. The Morgan fingerprint density at radius 3 is 2.25 bits per heavy atom. The molecule has 0 amide bonds. The summed E-state index contributed by atoms with van der Waals surface area (Å²) < 4.78 is 30.5. The minimum Gasteiger partial charge on any atom is -0.463 e. The van der Waals surface area contributed by atoms with Gasteiger partial charge in [0, 0.05) is 5.69 Å². The summed E-state index contributed by atoms with van der Waals surface area (Å²) in [5, 5.41) is 0.536. The van der Waals surface area contributed by atoms with Crippen LogP contribution in [0, 0.1) is 13.8 Å². The maximum Gasteiger partial charge on any atom is 0.229 e. The van der Waals surface area contributed by atoms with Crippen molar-refractivity contribution in [2.75, 3.05) is 11.0 Å². The van der Waals surface area contributed by atoms with Gasteiger partial charge in [-0.3, -0.25) is 9.52 Å².